The van der Waals surface area contributed by atoms with Crippen molar-refractivity contribution in [3.05, 3.63) is 65.2 Å². The molecule has 1 aliphatic heterocycles. The van der Waals surface area contributed by atoms with Crippen LogP contribution in [0.5, 0.6) is 0 Å². The molecule has 2 aromatic carbocycles. The number of benzene rings is 2. The Morgan fingerprint density at radius 3 is 2.36 bits per heavy atom. The highest BCUT2D eigenvalue weighted by atomic mass is 16.2. The van der Waals surface area contributed by atoms with E-state index in [1.807, 2.05) is 26.2 Å². The fourth-order valence-corrected chi connectivity index (χ4v) is 3.38. The Balaban J connectivity index is 1.63. The van der Waals surface area contributed by atoms with Crippen molar-refractivity contribution in [2.24, 2.45) is 0 Å². The first-order chi connectivity index (χ1) is 13.5. The molecule has 1 heterocycles. The molecule has 2 aromatic rings. The van der Waals surface area contributed by atoms with Crippen molar-refractivity contribution in [1.82, 2.24) is 15.5 Å². The summed E-state index contributed by atoms with van der Waals surface area (Å²) in [5.41, 5.74) is 3.87. The fourth-order valence-electron chi connectivity index (χ4n) is 3.38. The number of carbonyl (C=O) groups excluding carboxylic acids is 2. The van der Waals surface area contributed by atoms with Gasteiger partial charge in [-0.05, 0) is 55.9 Å². The topological polar surface area (TPSA) is 64.7 Å². The van der Waals surface area contributed by atoms with Crippen molar-refractivity contribution in [2.45, 2.75) is 19.4 Å². The predicted octanol–water partition coefficient (Wildman–Crippen LogP) is 2.81. The number of anilines is 1. The second kappa shape index (κ2) is 8.89. The van der Waals surface area contributed by atoms with Gasteiger partial charge in [-0.15, -0.1) is 0 Å². The molecular formula is C22H28N4O2. The Morgan fingerprint density at radius 1 is 1.14 bits per heavy atom. The summed E-state index contributed by atoms with van der Waals surface area (Å²) in [4.78, 5) is 28.1. The van der Waals surface area contributed by atoms with Crippen LogP contribution in [0.25, 0.3) is 0 Å². The number of nitrogens with one attached hydrogen (secondary N) is 2. The van der Waals surface area contributed by atoms with Crippen molar-refractivity contribution in [3.63, 3.8) is 0 Å². The molecule has 3 amide bonds. The van der Waals surface area contributed by atoms with Gasteiger partial charge < -0.3 is 15.5 Å². The molecule has 148 valence electrons. The van der Waals surface area contributed by atoms with E-state index in [1.54, 1.807) is 17.0 Å². The monoisotopic (exact) mass is 380 g/mol. The molecule has 0 bridgehead atoms. The fraction of sp³-hybridized carbons (Fsp3) is 0.364. The molecule has 2 N–H and O–H groups in total. The van der Waals surface area contributed by atoms with E-state index in [1.165, 1.54) is 11.1 Å². The van der Waals surface area contributed by atoms with Crippen LogP contribution in [-0.2, 0) is 6.42 Å². The Bertz CT molecular complexity index is 815. The molecule has 6 heteroatoms. The minimum atomic E-state index is -0.116. The lowest BCUT2D eigenvalue weighted by Gasteiger charge is -2.25. The standard InChI is InChI=1S/C22H28N4O2/c1-4-16-5-7-17(8-6-16)20(25(2)3)15-24-21(27)18-9-11-19(12-10-18)26-14-13-23-22(26)28/h5-12,20H,4,13-15H2,1-3H3,(H,23,28)(H,24,27). The summed E-state index contributed by atoms with van der Waals surface area (Å²) < 4.78 is 0. The zero-order chi connectivity index (χ0) is 20.1. The van der Waals surface area contributed by atoms with Crippen molar-refractivity contribution in [3.8, 4) is 0 Å². The minimum absolute atomic E-state index is 0.0971. The van der Waals surface area contributed by atoms with Crippen LogP contribution in [-0.4, -0.2) is 50.6 Å². The van der Waals surface area contributed by atoms with Crippen LogP contribution < -0.4 is 15.5 Å². The van der Waals surface area contributed by atoms with Gasteiger partial charge in [-0.3, -0.25) is 9.69 Å². The summed E-state index contributed by atoms with van der Waals surface area (Å²) in [6.07, 6.45) is 1.01. The quantitative estimate of drug-likeness (QED) is 0.776. The van der Waals surface area contributed by atoms with Gasteiger partial charge >= 0.3 is 6.03 Å². The summed E-state index contributed by atoms with van der Waals surface area (Å²) in [7, 11) is 4.03. The number of nitrogens with zero attached hydrogens (tertiary/aromatic N) is 2. The lowest BCUT2D eigenvalue weighted by atomic mass is 10.0. The normalized spacial score (nSPS) is 14.9. The van der Waals surface area contributed by atoms with Gasteiger partial charge in [0, 0.05) is 30.9 Å². The van der Waals surface area contributed by atoms with Crippen LogP contribution in [0.1, 0.15) is 34.5 Å². The van der Waals surface area contributed by atoms with Crippen molar-refractivity contribution < 1.29 is 9.59 Å². The number of likely N-dealkylation sites (N-methyl/N-ethyl adjacent to an activating group) is 1. The minimum Gasteiger partial charge on any atom is -0.350 e. The molecule has 1 atom stereocenters. The number of hydrogen-bond acceptors (Lipinski definition) is 3. The van der Waals surface area contributed by atoms with Crippen LogP contribution >= 0.6 is 0 Å². The molecule has 6 nitrogen and oxygen atoms in total. The Kier molecular flexibility index (Phi) is 6.31. The highest BCUT2D eigenvalue weighted by molar-refractivity contribution is 5.97. The van der Waals surface area contributed by atoms with Gasteiger partial charge in [-0.1, -0.05) is 31.2 Å². The van der Waals surface area contributed by atoms with E-state index in [0.29, 0.717) is 25.2 Å². The van der Waals surface area contributed by atoms with Gasteiger partial charge in [-0.25, -0.2) is 4.79 Å². The predicted molar refractivity (Wildman–Crippen MR) is 112 cm³/mol. The lowest BCUT2D eigenvalue weighted by molar-refractivity contribution is 0.0942. The van der Waals surface area contributed by atoms with Crippen LogP contribution in [0.4, 0.5) is 10.5 Å². The summed E-state index contributed by atoms with van der Waals surface area (Å²) in [5.74, 6) is -0.116. The van der Waals surface area contributed by atoms with Gasteiger partial charge in [0.25, 0.3) is 5.91 Å². The SMILES string of the molecule is CCc1ccc(C(CNC(=O)c2ccc(N3CCNC3=O)cc2)N(C)C)cc1. The van der Waals surface area contributed by atoms with Gasteiger partial charge in [0.15, 0.2) is 0 Å². The number of rotatable bonds is 7. The maximum Gasteiger partial charge on any atom is 0.321 e. The molecule has 0 radical (unpaired) electrons. The van der Waals surface area contributed by atoms with Crippen LogP contribution in [0, 0.1) is 0 Å². The number of urea groups is 1. The first-order valence-electron chi connectivity index (χ1n) is 9.68. The number of aryl methyl sites for hydroxylation is 1. The van der Waals surface area contributed by atoms with E-state index in [0.717, 1.165) is 12.1 Å². The number of hydrogen-bond donors (Lipinski definition) is 2. The third-order valence-electron chi connectivity index (χ3n) is 5.15. The maximum atomic E-state index is 12.6. The summed E-state index contributed by atoms with van der Waals surface area (Å²) in [5, 5.41) is 5.81. The third-order valence-corrected chi connectivity index (χ3v) is 5.15. The molecule has 0 aromatic heterocycles. The van der Waals surface area contributed by atoms with Gasteiger partial charge in [0.1, 0.15) is 0 Å². The van der Waals surface area contributed by atoms with E-state index >= 15 is 0 Å². The van der Waals surface area contributed by atoms with Crippen LogP contribution in [0.2, 0.25) is 0 Å². The van der Waals surface area contributed by atoms with Crippen LogP contribution in [0.15, 0.2) is 48.5 Å². The molecule has 28 heavy (non-hydrogen) atoms. The van der Waals surface area contributed by atoms with Crippen LogP contribution in [0.3, 0.4) is 0 Å². The highest BCUT2D eigenvalue weighted by Gasteiger charge is 2.21. The van der Waals surface area contributed by atoms with E-state index < -0.39 is 0 Å². The highest BCUT2D eigenvalue weighted by Crippen LogP contribution is 2.20. The second-order valence-electron chi connectivity index (χ2n) is 7.22. The van der Waals surface area contributed by atoms with Gasteiger partial charge in [0.05, 0.1) is 6.04 Å². The molecule has 0 saturated carbocycles. The van der Waals surface area contributed by atoms with Gasteiger partial charge in [-0.2, -0.15) is 0 Å². The Morgan fingerprint density at radius 2 is 1.82 bits per heavy atom. The van der Waals surface area contributed by atoms with E-state index in [2.05, 4.69) is 46.7 Å². The van der Waals surface area contributed by atoms with Gasteiger partial charge in [0.2, 0.25) is 0 Å². The summed E-state index contributed by atoms with van der Waals surface area (Å²) in [6, 6.07) is 15.7. The average Bonchev–Trinajstić information content (AvgIpc) is 3.14. The van der Waals surface area contributed by atoms with E-state index in [-0.39, 0.29) is 18.0 Å². The summed E-state index contributed by atoms with van der Waals surface area (Å²) >= 11 is 0. The van der Waals surface area contributed by atoms with E-state index in [4.69, 9.17) is 0 Å². The molecular weight excluding hydrogens is 352 g/mol. The third kappa shape index (κ3) is 4.51. The molecule has 1 saturated heterocycles. The number of amides is 3. The molecule has 0 aliphatic carbocycles. The largest absolute Gasteiger partial charge is 0.350 e. The van der Waals surface area contributed by atoms with Crippen molar-refractivity contribution >= 4 is 17.6 Å². The average molecular weight is 380 g/mol. The molecule has 0 spiro atoms. The molecule has 1 unspecified atom stereocenters. The zero-order valence-corrected chi connectivity index (χ0v) is 16.7. The Labute approximate surface area is 166 Å². The first-order valence-corrected chi connectivity index (χ1v) is 9.68. The lowest BCUT2D eigenvalue weighted by Crippen LogP contribution is -2.34. The molecule has 1 aliphatic rings. The smallest absolute Gasteiger partial charge is 0.321 e. The van der Waals surface area contributed by atoms with Crippen molar-refractivity contribution in [2.75, 3.05) is 38.6 Å². The Hall–Kier alpha value is -2.86. The summed E-state index contributed by atoms with van der Waals surface area (Å²) in [6.45, 7) is 3.95. The number of carbonyl (C=O) groups is 2. The molecule has 3 rings (SSSR count). The maximum absolute atomic E-state index is 12.6. The van der Waals surface area contributed by atoms with E-state index in [9.17, 15) is 9.59 Å². The second-order valence-corrected chi connectivity index (χ2v) is 7.22. The van der Waals surface area contributed by atoms with Crippen molar-refractivity contribution in [1.29, 1.82) is 0 Å². The molecule has 1 fully saturated rings. The zero-order valence-electron chi connectivity index (χ0n) is 16.7. The first kappa shape index (κ1) is 19.9.